The molecule has 3 aliphatic rings. The minimum atomic E-state index is -0.407. The molecule has 9 nitrogen and oxygen atoms in total. The molecule has 1 aromatic carbocycles. The van der Waals surface area contributed by atoms with Gasteiger partial charge in [-0.05, 0) is 12.1 Å². The molecular formula is C22H24N6O3. The summed E-state index contributed by atoms with van der Waals surface area (Å²) in [5.74, 6) is 2.28. The summed E-state index contributed by atoms with van der Waals surface area (Å²) in [6.45, 7) is 2.89. The normalized spacial score (nSPS) is 29.4. The Morgan fingerprint density at radius 3 is 2.77 bits per heavy atom. The third-order valence-electron chi connectivity index (χ3n) is 6.87. The highest BCUT2D eigenvalue weighted by molar-refractivity contribution is 5.75. The maximum absolute atomic E-state index is 10.2. The molecule has 0 saturated carbocycles. The SMILES string of the molecule is COc1ccnc(N2C[C@H]3O[C@@]4(CN(c5cnc6ccccc6n5)C[C@@H]4[C@@H]3CO)C2)n1. The molecule has 0 aliphatic carbocycles. The van der Waals surface area contributed by atoms with E-state index in [2.05, 4.69) is 24.8 Å². The number of nitrogens with zero attached hydrogens (tertiary/aromatic N) is 6. The first-order valence-electron chi connectivity index (χ1n) is 10.6. The Morgan fingerprint density at radius 1 is 1.10 bits per heavy atom. The van der Waals surface area contributed by atoms with Crippen molar-refractivity contribution in [1.29, 1.82) is 0 Å². The molecule has 4 atom stereocenters. The molecule has 31 heavy (non-hydrogen) atoms. The number of aliphatic hydroxyl groups excluding tert-OH is 1. The molecule has 160 valence electrons. The third kappa shape index (κ3) is 2.91. The second kappa shape index (κ2) is 7.00. The standard InChI is InChI=1S/C22H24N6O3/c1-30-20-6-7-23-21(26-20)28-10-18-14(11-29)15-9-27(12-22(15,13-28)31-18)19-8-24-16-4-2-3-5-17(16)25-19/h2-8,14-15,18,29H,9-13H2,1H3/t14-,15+,18+,22-/m0/s1. The fourth-order valence-electron chi connectivity index (χ4n) is 5.46. The van der Waals surface area contributed by atoms with Gasteiger partial charge in [0, 0.05) is 43.8 Å². The number of benzene rings is 1. The van der Waals surface area contributed by atoms with Gasteiger partial charge in [0.2, 0.25) is 11.8 Å². The Bertz CT molecular complexity index is 1130. The summed E-state index contributed by atoms with van der Waals surface area (Å²) in [7, 11) is 1.60. The predicted molar refractivity (Wildman–Crippen MR) is 114 cm³/mol. The second-order valence-corrected chi connectivity index (χ2v) is 8.55. The van der Waals surface area contributed by atoms with Crippen LogP contribution in [0.3, 0.4) is 0 Å². The first-order valence-corrected chi connectivity index (χ1v) is 10.6. The lowest BCUT2D eigenvalue weighted by atomic mass is 9.83. The number of morpholine rings is 1. The highest BCUT2D eigenvalue weighted by Crippen LogP contribution is 2.50. The van der Waals surface area contributed by atoms with Crippen molar-refractivity contribution >= 4 is 22.8 Å². The Kier molecular flexibility index (Phi) is 4.22. The van der Waals surface area contributed by atoms with Gasteiger partial charge in [-0.15, -0.1) is 0 Å². The quantitative estimate of drug-likeness (QED) is 0.666. The van der Waals surface area contributed by atoms with E-state index in [1.54, 1.807) is 19.4 Å². The number of anilines is 2. The van der Waals surface area contributed by atoms with Crippen LogP contribution in [0.1, 0.15) is 0 Å². The highest BCUT2D eigenvalue weighted by atomic mass is 16.5. The number of ether oxygens (including phenoxy) is 2. The smallest absolute Gasteiger partial charge is 0.228 e. The zero-order valence-corrected chi connectivity index (χ0v) is 17.3. The second-order valence-electron chi connectivity index (χ2n) is 8.55. The van der Waals surface area contributed by atoms with Crippen molar-refractivity contribution in [2.45, 2.75) is 11.7 Å². The van der Waals surface area contributed by atoms with E-state index in [9.17, 15) is 5.11 Å². The Balaban J connectivity index is 1.32. The molecule has 0 radical (unpaired) electrons. The summed E-state index contributed by atoms with van der Waals surface area (Å²) in [5, 5.41) is 10.2. The summed E-state index contributed by atoms with van der Waals surface area (Å²) < 4.78 is 11.9. The summed E-state index contributed by atoms with van der Waals surface area (Å²) >= 11 is 0. The van der Waals surface area contributed by atoms with Gasteiger partial charge in [-0.2, -0.15) is 4.98 Å². The molecule has 9 heteroatoms. The van der Waals surface area contributed by atoms with Crippen LogP contribution in [-0.4, -0.2) is 76.6 Å². The molecule has 3 aliphatic heterocycles. The Labute approximate surface area is 179 Å². The Morgan fingerprint density at radius 2 is 1.94 bits per heavy atom. The van der Waals surface area contributed by atoms with Crippen LogP contribution >= 0.6 is 0 Å². The average molecular weight is 420 g/mol. The van der Waals surface area contributed by atoms with Crippen LogP contribution in [0.15, 0.2) is 42.7 Å². The van der Waals surface area contributed by atoms with Crippen LogP contribution < -0.4 is 14.5 Å². The molecule has 3 saturated heterocycles. The van der Waals surface area contributed by atoms with E-state index in [1.807, 2.05) is 30.5 Å². The largest absolute Gasteiger partial charge is 0.481 e. The number of fused-ring (bicyclic) bond motifs is 2. The molecule has 3 aromatic rings. The summed E-state index contributed by atoms with van der Waals surface area (Å²) in [6, 6.07) is 9.62. The average Bonchev–Trinajstić information content (AvgIpc) is 3.26. The van der Waals surface area contributed by atoms with Crippen LogP contribution in [0.4, 0.5) is 11.8 Å². The lowest BCUT2D eigenvalue weighted by Crippen LogP contribution is -2.54. The fraction of sp³-hybridized carbons (Fsp3) is 0.455. The molecular weight excluding hydrogens is 396 g/mol. The summed E-state index contributed by atoms with van der Waals surface area (Å²) in [4.78, 5) is 22.8. The molecule has 5 heterocycles. The van der Waals surface area contributed by atoms with Gasteiger partial charge in [-0.25, -0.2) is 9.97 Å². The van der Waals surface area contributed by atoms with E-state index in [0.29, 0.717) is 31.5 Å². The van der Waals surface area contributed by atoms with E-state index < -0.39 is 5.60 Å². The maximum atomic E-state index is 10.2. The number of para-hydroxylation sites is 2. The maximum Gasteiger partial charge on any atom is 0.228 e. The van der Waals surface area contributed by atoms with Crippen molar-refractivity contribution in [2.75, 3.05) is 49.7 Å². The zero-order valence-electron chi connectivity index (χ0n) is 17.3. The lowest BCUT2D eigenvalue weighted by Gasteiger charge is -2.40. The van der Waals surface area contributed by atoms with Crippen molar-refractivity contribution in [3.05, 3.63) is 42.7 Å². The van der Waals surface area contributed by atoms with Crippen molar-refractivity contribution in [1.82, 2.24) is 19.9 Å². The first-order chi connectivity index (χ1) is 15.2. The molecule has 3 fully saturated rings. The van der Waals surface area contributed by atoms with Crippen LogP contribution in [0.2, 0.25) is 0 Å². The molecule has 1 spiro atoms. The van der Waals surface area contributed by atoms with Crippen molar-refractivity contribution < 1.29 is 14.6 Å². The molecule has 6 rings (SSSR count). The van der Waals surface area contributed by atoms with Crippen LogP contribution in [0.25, 0.3) is 11.0 Å². The molecule has 0 amide bonds. The monoisotopic (exact) mass is 420 g/mol. The number of aromatic nitrogens is 4. The molecule has 2 bridgehead atoms. The van der Waals surface area contributed by atoms with Gasteiger partial charge in [0.05, 0.1) is 43.5 Å². The van der Waals surface area contributed by atoms with Gasteiger partial charge in [-0.1, -0.05) is 12.1 Å². The summed E-state index contributed by atoms with van der Waals surface area (Å²) in [6.07, 6.45) is 3.49. The van der Waals surface area contributed by atoms with E-state index in [4.69, 9.17) is 14.5 Å². The van der Waals surface area contributed by atoms with Crippen LogP contribution in [0, 0.1) is 11.8 Å². The number of aliphatic hydroxyl groups is 1. The zero-order chi connectivity index (χ0) is 21.0. The third-order valence-corrected chi connectivity index (χ3v) is 6.87. The van der Waals surface area contributed by atoms with Crippen molar-refractivity contribution in [3.63, 3.8) is 0 Å². The minimum absolute atomic E-state index is 0.0524. The molecule has 1 N–H and O–H groups in total. The topological polar surface area (TPSA) is 96.7 Å². The number of methoxy groups -OCH3 is 1. The van der Waals surface area contributed by atoms with E-state index >= 15 is 0 Å². The Hall–Kier alpha value is -3.04. The first kappa shape index (κ1) is 18.7. The number of hydrogen-bond acceptors (Lipinski definition) is 9. The molecule has 2 aromatic heterocycles. The van der Waals surface area contributed by atoms with Crippen molar-refractivity contribution in [2.24, 2.45) is 11.8 Å². The van der Waals surface area contributed by atoms with Crippen LogP contribution in [0.5, 0.6) is 5.88 Å². The minimum Gasteiger partial charge on any atom is -0.481 e. The van der Waals surface area contributed by atoms with Gasteiger partial charge in [-0.3, -0.25) is 4.98 Å². The van der Waals surface area contributed by atoms with Crippen LogP contribution in [-0.2, 0) is 4.74 Å². The molecule has 0 unspecified atom stereocenters. The lowest BCUT2D eigenvalue weighted by molar-refractivity contribution is -0.0553. The van der Waals surface area contributed by atoms with E-state index in [-0.39, 0.29) is 24.5 Å². The summed E-state index contributed by atoms with van der Waals surface area (Å²) in [5.41, 5.74) is 1.35. The van der Waals surface area contributed by atoms with Gasteiger partial charge < -0.3 is 24.4 Å². The number of rotatable bonds is 4. The van der Waals surface area contributed by atoms with Gasteiger partial charge in [0.1, 0.15) is 11.4 Å². The van der Waals surface area contributed by atoms with E-state index in [0.717, 1.165) is 23.4 Å². The predicted octanol–water partition coefficient (Wildman–Crippen LogP) is 1.13. The number of hydrogen-bond donors (Lipinski definition) is 1. The fourth-order valence-corrected chi connectivity index (χ4v) is 5.46. The van der Waals surface area contributed by atoms with Crippen molar-refractivity contribution in [3.8, 4) is 5.88 Å². The highest BCUT2D eigenvalue weighted by Gasteiger charge is 2.62. The van der Waals surface area contributed by atoms with E-state index in [1.165, 1.54) is 0 Å². The van der Waals surface area contributed by atoms with Gasteiger partial charge in [0.25, 0.3) is 0 Å². The van der Waals surface area contributed by atoms with Gasteiger partial charge in [0.15, 0.2) is 0 Å². The van der Waals surface area contributed by atoms with Gasteiger partial charge >= 0.3 is 0 Å².